The molecule has 0 atom stereocenters. The van der Waals surface area contributed by atoms with Gasteiger partial charge in [0.25, 0.3) is 0 Å². The molecule has 0 radical (unpaired) electrons. The lowest BCUT2D eigenvalue weighted by Crippen LogP contribution is -2.14. The number of aromatic nitrogens is 2. The number of hydrogen-bond donors (Lipinski definition) is 1. The monoisotopic (exact) mass is 293 g/mol. The lowest BCUT2D eigenvalue weighted by molar-refractivity contribution is -0.115. The van der Waals surface area contributed by atoms with Gasteiger partial charge in [0.2, 0.25) is 5.91 Å². The van der Waals surface area contributed by atoms with Crippen LogP contribution in [-0.2, 0) is 11.2 Å². The standard InChI is InChI=1S/C18H19N3O/c1-13(2)21-12-14(16-7-3-4-8-17(16)21)10-18(22)20-15-6-5-9-19-11-15/h3-9,11-13H,10H2,1-2H3,(H,20,22). The highest BCUT2D eigenvalue weighted by atomic mass is 16.1. The summed E-state index contributed by atoms with van der Waals surface area (Å²) >= 11 is 0. The quantitative estimate of drug-likeness (QED) is 0.795. The van der Waals surface area contributed by atoms with Crippen LogP contribution in [0.3, 0.4) is 0 Å². The molecule has 0 fully saturated rings. The molecule has 2 heterocycles. The summed E-state index contributed by atoms with van der Waals surface area (Å²) in [5.41, 5.74) is 2.94. The van der Waals surface area contributed by atoms with E-state index in [0.717, 1.165) is 16.6 Å². The van der Waals surface area contributed by atoms with Crippen molar-refractivity contribution in [3.8, 4) is 0 Å². The number of para-hydroxylation sites is 1. The van der Waals surface area contributed by atoms with Crippen LogP contribution in [0.25, 0.3) is 10.9 Å². The van der Waals surface area contributed by atoms with Gasteiger partial charge >= 0.3 is 0 Å². The minimum Gasteiger partial charge on any atom is -0.345 e. The molecule has 0 bridgehead atoms. The average molecular weight is 293 g/mol. The van der Waals surface area contributed by atoms with Crippen LogP contribution in [0.5, 0.6) is 0 Å². The smallest absolute Gasteiger partial charge is 0.228 e. The van der Waals surface area contributed by atoms with E-state index in [1.165, 1.54) is 5.52 Å². The van der Waals surface area contributed by atoms with Crippen molar-refractivity contribution >= 4 is 22.5 Å². The highest BCUT2D eigenvalue weighted by Crippen LogP contribution is 2.25. The third kappa shape index (κ3) is 2.86. The molecule has 22 heavy (non-hydrogen) atoms. The van der Waals surface area contributed by atoms with Gasteiger partial charge in [-0.25, -0.2) is 0 Å². The zero-order valence-electron chi connectivity index (χ0n) is 12.8. The van der Waals surface area contributed by atoms with Gasteiger partial charge in [-0.1, -0.05) is 18.2 Å². The maximum Gasteiger partial charge on any atom is 0.228 e. The van der Waals surface area contributed by atoms with E-state index in [2.05, 4.69) is 47.0 Å². The van der Waals surface area contributed by atoms with Gasteiger partial charge in [0.15, 0.2) is 0 Å². The molecule has 0 aliphatic rings. The molecule has 4 nitrogen and oxygen atoms in total. The van der Waals surface area contributed by atoms with Crippen molar-refractivity contribution in [2.24, 2.45) is 0 Å². The van der Waals surface area contributed by atoms with Crippen LogP contribution >= 0.6 is 0 Å². The Kier molecular flexibility index (Phi) is 3.92. The van der Waals surface area contributed by atoms with Gasteiger partial charge in [-0.3, -0.25) is 9.78 Å². The van der Waals surface area contributed by atoms with E-state index in [0.29, 0.717) is 12.5 Å². The lowest BCUT2D eigenvalue weighted by atomic mass is 10.1. The van der Waals surface area contributed by atoms with E-state index in [4.69, 9.17) is 0 Å². The fraction of sp³-hybridized carbons (Fsp3) is 0.222. The van der Waals surface area contributed by atoms with Gasteiger partial charge in [0.1, 0.15) is 0 Å². The zero-order chi connectivity index (χ0) is 15.5. The van der Waals surface area contributed by atoms with Crippen LogP contribution in [0.4, 0.5) is 5.69 Å². The van der Waals surface area contributed by atoms with Crippen LogP contribution < -0.4 is 5.32 Å². The molecule has 0 unspecified atom stereocenters. The fourth-order valence-electron chi connectivity index (χ4n) is 2.66. The van der Waals surface area contributed by atoms with Gasteiger partial charge in [0.05, 0.1) is 18.3 Å². The number of anilines is 1. The summed E-state index contributed by atoms with van der Waals surface area (Å²) in [5, 5.41) is 4.02. The van der Waals surface area contributed by atoms with Crippen molar-refractivity contribution < 1.29 is 4.79 Å². The largest absolute Gasteiger partial charge is 0.345 e. The molecule has 0 aliphatic carbocycles. The second-order valence-electron chi connectivity index (χ2n) is 5.64. The van der Waals surface area contributed by atoms with Gasteiger partial charge in [-0.05, 0) is 37.6 Å². The third-order valence-corrected chi connectivity index (χ3v) is 3.68. The van der Waals surface area contributed by atoms with Crippen molar-refractivity contribution in [2.45, 2.75) is 26.3 Å². The summed E-state index contributed by atoms with van der Waals surface area (Å²) in [4.78, 5) is 16.3. The Morgan fingerprint density at radius 2 is 2.05 bits per heavy atom. The number of fused-ring (bicyclic) bond motifs is 1. The summed E-state index contributed by atoms with van der Waals surface area (Å²) in [6, 6.07) is 12.2. The predicted molar refractivity (Wildman–Crippen MR) is 88.9 cm³/mol. The number of carbonyl (C=O) groups is 1. The minimum atomic E-state index is -0.0281. The Morgan fingerprint density at radius 3 is 2.77 bits per heavy atom. The number of nitrogens with zero attached hydrogens (tertiary/aromatic N) is 2. The molecule has 0 aliphatic heterocycles. The van der Waals surface area contributed by atoms with Crippen molar-refractivity contribution in [2.75, 3.05) is 5.32 Å². The first kappa shape index (κ1) is 14.3. The van der Waals surface area contributed by atoms with Crippen LogP contribution in [0.1, 0.15) is 25.5 Å². The lowest BCUT2D eigenvalue weighted by Gasteiger charge is -2.08. The van der Waals surface area contributed by atoms with Gasteiger partial charge in [-0.2, -0.15) is 0 Å². The van der Waals surface area contributed by atoms with E-state index >= 15 is 0 Å². The second kappa shape index (κ2) is 6.02. The maximum atomic E-state index is 12.3. The molecular weight excluding hydrogens is 274 g/mol. The average Bonchev–Trinajstić information content (AvgIpc) is 2.87. The SMILES string of the molecule is CC(C)n1cc(CC(=O)Nc2cccnc2)c2ccccc21. The van der Waals surface area contributed by atoms with Crippen molar-refractivity contribution in [1.29, 1.82) is 0 Å². The van der Waals surface area contributed by atoms with Crippen molar-refractivity contribution in [3.05, 3.63) is 60.6 Å². The molecule has 1 amide bonds. The summed E-state index contributed by atoms with van der Waals surface area (Å²) in [6.07, 6.45) is 5.77. The van der Waals surface area contributed by atoms with E-state index in [1.54, 1.807) is 18.5 Å². The maximum absolute atomic E-state index is 12.3. The van der Waals surface area contributed by atoms with E-state index in [-0.39, 0.29) is 5.91 Å². The summed E-state index contributed by atoms with van der Waals surface area (Å²) in [7, 11) is 0. The first-order valence-corrected chi connectivity index (χ1v) is 7.43. The second-order valence-corrected chi connectivity index (χ2v) is 5.64. The molecule has 3 aromatic rings. The Morgan fingerprint density at radius 1 is 1.23 bits per heavy atom. The van der Waals surface area contributed by atoms with Crippen LogP contribution in [0, 0.1) is 0 Å². The Hall–Kier alpha value is -2.62. The Labute approximate surface area is 129 Å². The molecule has 0 saturated heterocycles. The number of hydrogen-bond acceptors (Lipinski definition) is 2. The van der Waals surface area contributed by atoms with Gasteiger partial charge < -0.3 is 9.88 Å². The Balaban J connectivity index is 1.86. The predicted octanol–water partition coefficient (Wildman–Crippen LogP) is 3.80. The minimum absolute atomic E-state index is 0.0281. The van der Waals surface area contributed by atoms with E-state index < -0.39 is 0 Å². The summed E-state index contributed by atoms with van der Waals surface area (Å²) < 4.78 is 2.21. The fourth-order valence-corrected chi connectivity index (χ4v) is 2.66. The van der Waals surface area contributed by atoms with E-state index in [9.17, 15) is 4.79 Å². The number of nitrogens with one attached hydrogen (secondary N) is 1. The highest BCUT2D eigenvalue weighted by Gasteiger charge is 2.13. The van der Waals surface area contributed by atoms with Gasteiger partial charge in [0, 0.05) is 29.3 Å². The molecular formula is C18H19N3O. The summed E-state index contributed by atoms with van der Waals surface area (Å²) in [6.45, 7) is 4.29. The number of rotatable bonds is 4. The first-order chi connectivity index (χ1) is 10.6. The summed E-state index contributed by atoms with van der Waals surface area (Å²) in [5.74, 6) is -0.0281. The van der Waals surface area contributed by atoms with Gasteiger partial charge in [-0.15, -0.1) is 0 Å². The number of pyridine rings is 1. The molecule has 112 valence electrons. The van der Waals surface area contributed by atoms with Crippen LogP contribution in [0.2, 0.25) is 0 Å². The number of amides is 1. The van der Waals surface area contributed by atoms with Crippen molar-refractivity contribution in [1.82, 2.24) is 9.55 Å². The zero-order valence-corrected chi connectivity index (χ0v) is 12.8. The van der Waals surface area contributed by atoms with Crippen molar-refractivity contribution in [3.63, 3.8) is 0 Å². The molecule has 2 aromatic heterocycles. The normalized spacial score (nSPS) is 11.0. The number of carbonyl (C=O) groups excluding carboxylic acids is 1. The Bertz CT molecular complexity index is 790. The molecule has 0 saturated carbocycles. The molecule has 0 spiro atoms. The molecule has 1 aromatic carbocycles. The first-order valence-electron chi connectivity index (χ1n) is 7.43. The number of benzene rings is 1. The van der Waals surface area contributed by atoms with E-state index in [1.807, 2.05) is 18.2 Å². The van der Waals surface area contributed by atoms with Crippen LogP contribution in [0.15, 0.2) is 55.0 Å². The third-order valence-electron chi connectivity index (χ3n) is 3.68. The molecule has 1 N–H and O–H groups in total. The highest BCUT2D eigenvalue weighted by molar-refractivity contribution is 5.95. The topological polar surface area (TPSA) is 46.9 Å². The molecule has 4 heteroatoms. The molecule has 3 rings (SSSR count). The van der Waals surface area contributed by atoms with Crippen LogP contribution in [-0.4, -0.2) is 15.5 Å².